The van der Waals surface area contributed by atoms with Crippen molar-refractivity contribution in [2.24, 2.45) is 0 Å². The van der Waals surface area contributed by atoms with E-state index in [1.54, 1.807) is 31.4 Å². The molecule has 0 spiro atoms. The van der Waals surface area contributed by atoms with Crippen LogP contribution in [-0.4, -0.2) is 12.1 Å². The Kier molecular flexibility index (Phi) is 2.95. The molecule has 0 fully saturated rings. The van der Waals surface area contributed by atoms with Crippen molar-refractivity contribution in [1.82, 2.24) is 4.98 Å². The molecule has 0 unspecified atom stereocenters. The van der Waals surface area contributed by atoms with E-state index in [2.05, 4.69) is 4.98 Å². The first-order valence-corrected chi connectivity index (χ1v) is 5.92. The third kappa shape index (κ3) is 2.14. The Morgan fingerprint density at radius 2 is 1.90 bits per heavy atom. The van der Waals surface area contributed by atoms with Gasteiger partial charge in [-0.3, -0.25) is 0 Å². The minimum atomic E-state index is -0.541. The van der Waals surface area contributed by atoms with Crippen LogP contribution in [0, 0.1) is 5.82 Å². The van der Waals surface area contributed by atoms with Gasteiger partial charge in [-0.1, -0.05) is 0 Å². The van der Waals surface area contributed by atoms with Crippen LogP contribution in [0.2, 0.25) is 0 Å². The zero-order chi connectivity index (χ0) is 14.1. The normalized spacial score (nSPS) is 10.7. The molecule has 100 valence electrons. The molecule has 0 saturated heterocycles. The zero-order valence-corrected chi connectivity index (χ0v) is 10.6. The predicted octanol–water partition coefficient (Wildman–Crippen LogP) is 3.00. The van der Waals surface area contributed by atoms with Gasteiger partial charge in [0.2, 0.25) is 5.89 Å². The first-order chi connectivity index (χ1) is 9.67. The van der Waals surface area contributed by atoms with Gasteiger partial charge in [0.25, 0.3) is 0 Å². The molecule has 0 radical (unpaired) electrons. The van der Waals surface area contributed by atoms with Gasteiger partial charge in [-0.15, -0.1) is 0 Å². The molecule has 0 atom stereocenters. The lowest BCUT2D eigenvalue weighted by Gasteiger charge is -2.03. The highest BCUT2D eigenvalue weighted by Gasteiger charge is 2.09. The van der Waals surface area contributed by atoms with Gasteiger partial charge < -0.3 is 9.15 Å². The van der Waals surface area contributed by atoms with E-state index < -0.39 is 11.4 Å². The van der Waals surface area contributed by atoms with Gasteiger partial charge in [-0.25, -0.2) is 14.2 Å². The smallest absolute Gasteiger partial charge is 0.347 e. The molecule has 0 saturated carbocycles. The molecule has 1 aromatic heterocycles. The maximum absolute atomic E-state index is 13.2. The Morgan fingerprint density at radius 1 is 1.15 bits per heavy atom. The highest BCUT2D eigenvalue weighted by atomic mass is 19.1. The van der Waals surface area contributed by atoms with Crippen molar-refractivity contribution in [3.05, 3.63) is 58.7 Å². The zero-order valence-electron chi connectivity index (χ0n) is 10.6. The number of aromatic nitrogens is 1. The van der Waals surface area contributed by atoms with Crippen molar-refractivity contribution >= 4 is 10.9 Å². The summed E-state index contributed by atoms with van der Waals surface area (Å²) >= 11 is 0. The van der Waals surface area contributed by atoms with Gasteiger partial charge in [0.05, 0.1) is 18.0 Å². The summed E-state index contributed by atoms with van der Waals surface area (Å²) in [4.78, 5) is 16.0. The first-order valence-electron chi connectivity index (χ1n) is 5.92. The molecule has 3 rings (SSSR count). The second-order valence-corrected chi connectivity index (χ2v) is 4.20. The molecule has 0 N–H and O–H groups in total. The summed E-state index contributed by atoms with van der Waals surface area (Å²) in [6.45, 7) is 0. The largest absolute Gasteiger partial charge is 0.497 e. The van der Waals surface area contributed by atoms with Crippen molar-refractivity contribution in [3.63, 3.8) is 0 Å². The molecule has 2 aromatic carbocycles. The monoisotopic (exact) mass is 271 g/mol. The number of ether oxygens (including phenoxy) is 1. The summed E-state index contributed by atoms with van der Waals surface area (Å²) in [7, 11) is 1.56. The van der Waals surface area contributed by atoms with Gasteiger partial charge in [-0.05, 0) is 36.4 Å². The molecule has 0 bridgehead atoms. The van der Waals surface area contributed by atoms with E-state index in [1.165, 1.54) is 18.2 Å². The fraction of sp³-hybridized carbons (Fsp3) is 0.0667. The van der Waals surface area contributed by atoms with Crippen molar-refractivity contribution in [2.75, 3.05) is 7.11 Å². The lowest BCUT2D eigenvalue weighted by atomic mass is 10.2. The summed E-state index contributed by atoms with van der Waals surface area (Å²) in [6, 6.07) is 10.7. The van der Waals surface area contributed by atoms with Gasteiger partial charge in [0.15, 0.2) is 0 Å². The SMILES string of the molecule is COc1ccc(-c2nc3cc(F)ccc3c(=O)o2)cc1. The molecule has 1 heterocycles. The predicted molar refractivity (Wildman–Crippen MR) is 72.2 cm³/mol. The highest BCUT2D eigenvalue weighted by molar-refractivity contribution is 5.78. The molecule has 0 aliphatic rings. The summed E-state index contributed by atoms with van der Waals surface area (Å²) in [6.07, 6.45) is 0. The molecule has 0 aliphatic heterocycles. The van der Waals surface area contributed by atoms with Crippen LogP contribution in [0.25, 0.3) is 22.4 Å². The highest BCUT2D eigenvalue weighted by Crippen LogP contribution is 2.21. The van der Waals surface area contributed by atoms with Crippen molar-refractivity contribution in [2.45, 2.75) is 0 Å². The van der Waals surface area contributed by atoms with Crippen molar-refractivity contribution < 1.29 is 13.5 Å². The molecular formula is C15H10FNO3. The van der Waals surface area contributed by atoms with Crippen LogP contribution in [0.5, 0.6) is 5.75 Å². The van der Waals surface area contributed by atoms with Crippen LogP contribution >= 0.6 is 0 Å². The van der Waals surface area contributed by atoms with Gasteiger partial charge in [-0.2, -0.15) is 0 Å². The van der Waals surface area contributed by atoms with Gasteiger partial charge in [0.1, 0.15) is 11.6 Å². The summed E-state index contributed by atoms with van der Waals surface area (Å²) in [5.41, 5.74) is 0.349. The Bertz CT molecular complexity index is 825. The van der Waals surface area contributed by atoms with E-state index in [0.29, 0.717) is 11.3 Å². The summed E-state index contributed by atoms with van der Waals surface area (Å²) in [5, 5.41) is 0.253. The molecule has 0 amide bonds. The van der Waals surface area contributed by atoms with Crippen LogP contribution in [0.3, 0.4) is 0 Å². The molecule has 5 heteroatoms. The second-order valence-electron chi connectivity index (χ2n) is 4.20. The quantitative estimate of drug-likeness (QED) is 0.719. The Morgan fingerprint density at radius 3 is 2.60 bits per heavy atom. The lowest BCUT2D eigenvalue weighted by Crippen LogP contribution is -2.03. The number of nitrogens with zero attached hydrogens (tertiary/aromatic N) is 1. The van der Waals surface area contributed by atoms with Crippen LogP contribution in [0.15, 0.2) is 51.7 Å². The van der Waals surface area contributed by atoms with Crippen LogP contribution < -0.4 is 10.4 Å². The maximum Gasteiger partial charge on any atom is 0.347 e. The third-order valence-electron chi connectivity index (χ3n) is 2.93. The summed E-state index contributed by atoms with van der Waals surface area (Å²) in [5.74, 6) is 0.384. The minimum Gasteiger partial charge on any atom is -0.497 e. The summed E-state index contributed by atoms with van der Waals surface area (Å²) < 4.78 is 23.4. The first kappa shape index (κ1) is 12.3. The van der Waals surface area contributed by atoms with E-state index in [-0.39, 0.29) is 16.8 Å². The fourth-order valence-electron chi connectivity index (χ4n) is 1.90. The van der Waals surface area contributed by atoms with E-state index >= 15 is 0 Å². The average molecular weight is 271 g/mol. The average Bonchev–Trinajstić information content (AvgIpc) is 2.46. The Labute approximate surface area is 113 Å². The standard InChI is InChI=1S/C15H10FNO3/c1-19-11-5-2-9(3-6-11)14-17-13-8-10(16)4-7-12(13)15(18)20-14/h2-8H,1H3. The van der Waals surface area contributed by atoms with Gasteiger partial charge >= 0.3 is 5.63 Å². The van der Waals surface area contributed by atoms with Crippen LogP contribution in [-0.2, 0) is 0 Å². The Hall–Kier alpha value is -2.69. The minimum absolute atomic E-state index is 0.149. The molecular weight excluding hydrogens is 261 g/mol. The lowest BCUT2D eigenvalue weighted by molar-refractivity contribution is 0.415. The number of benzene rings is 2. The molecule has 0 aliphatic carbocycles. The topological polar surface area (TPSA) is 52.3 Å². The molecule has 4 nitrogen and oxygen atoms in total. The molecule has 20 heavy (non-hydrogen) atoms. The molecule has 3 aromatic rings. The number of hydrogen-bond donors (Lipinski definition) is 0. The fourth-order valence-corrected chi connectivity index (χ4v) is 1.90. The number of halogens is 1. The number of hydrogen-bond acceptors (Lipinski definition) is 4. The van der Waals surface area contributed by atoms with E-state index in [1.807, 2.05) is 0 Å². The van der Waals surface area contributed by atoms with E-state index in [0.717, 1.165) is 0 Å². The van der Waals surface area contributed by atoms with Crippen molar-refractivity contribution in [1.29, 1.82) is 0 Å². The van der Waals surface area contributed by atoms with Crippen LogP contribution in [0.4, 0.5) is 4.39 Å². The van der Waals surface area contributed by atoms with Gasteiger partial charge in [0, 0.05) is 11.6 Å². The van der Waals surface area contributed by atoms with Crippen molar-refractivity contribution in [3.8, 4) is 17.2 Å². The third-order valence-corrected chi connectivity index (χ3v) is 2.93. The number of fused-ring (bicyclic) bond motifs is 1. The number of methoxy groups -OCH3 is 1. The second kappa shape index (κ2) is 4.77. The number of rotatable bonds is 2. The van der Waals surface area contributed by atoms with E-state index in [4.69, 9.17) is 9.15 Å². The van der Waals surface area contributed by atoms with E-state index in [9.17, 15) is 9.18 Å². The van der Waals surface area contributed by atoms with Crippen LogP contribution in [0.1, 0.15) is 0 Å². The maximum atomic E-state index is 13.2. The Balaban J connectivity index is 2.18.